The van der Waals surface area contributed by atoms with Crippen LogP contribution in [0.15, 0.2) is 52.3 Å². The largest absolute Gasteiger partial charge is 0.309 e. The summed E-state index contributed by atoms with van der Waals surface area (Å²) < 4.78 is 15.5. The van der Waals surface area contributed by atoms with Crippen molar-refractivity contribution in [2.45, 2.75) is 6.04 Å². The smallest absolute Gasteiger partial charge is 0.137 e. The molecule has 102 valence electrons. The van der Waals surface area contributed by atoms with E-state index in [1.54, 1.807) is 23.5 Å². The Kier molecular flexibility index (Phi) is 3.87. The third kappa shape index (κ3) is 2.39. The lowest BCUT2D eigenvalue weighted by Crippen LogP contribution is -2.17. The summed E-state index contributed by atoms with van der Waals surface area (Å²) in [6, 6.07) is 13.6. The fraction of sp³-hybridized carbons (Fsp3) is 0.125. The van der Waals surface area contributed by atoms with Gasteiger partial charge in [-0.25, -0.2) is 4.39 Å². The second-order valence-electron chi connectivity index (χ2n) is 4.58. The van der Waals surface area contributed by atoms with Crippen LogP contribution in [0.3, 0.4) is 0 Å². The molecule has 1 aromatic heterocycles. The Bertz CT molecular complexity index is 753. The summed E-state index contributed by atoms with van der Waals surface area (Å²) >= 11 is 4.91. The van der Waals surface area contributed by atoms with Crippen molar-refractivity contribution >= 4 is 37.4 Å². The number of halogens is 2. The SMILES string of the molecule is CNC(c1ccc(Br)c(F)c1)c1csc2ccccc12. The van der Waals surface area contributed by atoms with Crippen molar-refractivity contribution in [1.82, 2.24) is 5.32 Å². The highest BCUT2D eigenvalue weighted by atomic mass is 79.9. The second-order valence-corrected chi connectivity index (χ2v) is 6.35. The van der Waals surface area contributed by atoms with Crippen LogP contribution in [-0.2, 0) is 0 Å². The van der Waals surface area contributed by atoms with Crippen LogP contribution in [0.5, 0.6) is 0 Å². The predicted octanol–water partition coefficient (Wildman–Crippen LogP) is 5.11. The Morgan fingerprint density at radius 1 is 1.20 bits per heavy atom. The molecule has 0 saturated heterocycles. The number of benzene rings is 2. The summed E-state index contributed by atoms with van der Waals surface area (Å²) in [6.45, 7) is 0. The maximum atomic E-state index is 13.8. The highest BCUT2D eigenvalue weighted by Crippen LogP contribution is 2.34. The van der Waals surface area contributed by atoms with Gasteiger partial charge in [-0.1, -0.05) is 24.3 Å². The minimum absolute atomic E-state index is 0.00579. The van der Waals surface area contributed by atoms with E-state index in [1.165, 1.54) is 15.6 Å². The van der Waals surface area contributed by atoms with Crippen molar-refractivity contribution < 1.29 is 4.39 Å². The molecule has 0 radical (unpaired) electrons. The Morgan fingerprint density at radius 3 is 2.75 bits per heavy atom. The van der Waals surface area contributed by atoms with E-state index >= 15 is 0 Å². The number of hydrogen-bond acceptors (Lipinski definition) is 2. The first-order valence-corrected chi connectivity index (χ1v) is 7.96. The number of nitrogens with one attached hydrogen (secondary N) is 1. The minimum atomic E-state index is -0.234. The summed E-state index contributed by atoms with van der Waals surface area (Å²) in [7, 11) is 1.90. The molecule has 20 heavy (non-hydrogen) atoms. The van der Waals surface area contributed by atoms with E-state index in [0.29, 0.717) is 4.47 Å². The lowest BCUT2D eigenvalue weighted by molar-refractivity contribution is 0.611. The number of thiophene rings is 1. The summed E-state index contributed by atoms with van der Waals surface area (Å²) in [5.41, 5.74) is 2.12. The molecule has 0 aliphatic carbocycles. The zero-order valence-electron chi connectivity index (χ0n) is 10.9. The first-order chi connectivity index (χ1) is 9.70. The van der Waals surface area contributed by atoms with Gasteiger partial charge in [0, 0.05) is 4.70 Å². The van der Waals surface area contributed by atoms with Gasteiger partial charge in [0.15, 0.2) is 0 Å². The molecule has 0 aliphatic rings. The molecule has 1 atom stereocenters. The van der Waals surface area contributed by atoms with Crippen molar-refractivity contribution in [3.05, 3.63) is 69.3 Å². The van der Waals surface area contributed by atoms with Crippen LogP contribution in [0, 0.1) is 5.82 Å². The Hall–Kier alpha value is -1.23. The van der Waals surface area contributed by atoms with E-state index in [2.05, 4.69) is 38.8 Å². The molecule has 0 amide bonds. The van der Waals surface area contributed by atoms with Gasteiger partial charge in [-0.2, -0.15) is 0 Å². The lowest BCUT2D eigenvalue weighted by Gasteiger charge is -2.17. The van der Waals surface area contributed by atoms with E-state index in [-0.39, 0.29) is 11.9 Å². The highest BCUT2D eigenvalue weighted by Gasteiger charge is 2.17. The normalized spacial score (nSPS) is 12.8. The molecule has 1 N–H and O–H groups in total. The first kappa shape index (κ1) is 13.7. The van der Waals surface area contributed by atoms with Gasteiger partial charge in [-0.15, -0.1) is 11.3 Å². The summed E-state index contributed by atoms with van der Waals surface area (Å²) in [6.07, 6.45) is 0. The monoisotopic (exact) mass is 349 g/mol. The van der Waals surface area contributed by atoms with Crippen LogP contribution in [-0.4, -0.2) is 7.05 Å². The van der Waals surface area contributed by atoms with Gasteiger partial charge >= 0.3 is 0 Å². The number of hydrogen-bond donors (Lipinski definition) is 1. The molecule has 3 aromatic rings. The lowest BCUT2D eigenvalue weighted by atomic mass is 9.98. The van der Waals surface area contributed by atoms with Gasteiger partial charge in [-0.05, 0) is 63.1 Å². The van der Waals surface area contributed by atoms with Crippen LogP contribution in [0.25, 0.3) is 10.1 Å². The van der Waals surface area contributed by atoms with Crippen LogP contribution >= 0.6 is 27.3 Å². The summed E-state index contributed by atoms with van der Waals surface area (Å²) in [5, 5.41) is 6.65. The van der Waals surface area contributed by atoms with Crippen LogP contribution in [0.1, 0.15) is 17.2 Å². The van der Waals surface area contributed by atoms with E-state index < -0.39 is 0 Å². The molecule has 1 nitrogen and oxygen atoms in total. The van der Waals surface area contributed by atoms with E-state index in [4.69, 9.17) is 0 Å². The van der Waals surface area contributed by atoms with Crippen molar-refractivity contribution in [2.75, 3.05) is 7.05 Å². The Morgan fingerprint density at radius 2 is 2.00 bits per heavy atom. The van der Waals surface area contributed by atoms with Gasteiger partial charge < -0.3 is 5.32 Å². The Labute approximate surface area is 129 Å². The average Bonchev–Trinajstić information content (AvgIpc) is 2.88. The molecule has 0 aliphatic heterocycles. The van der Waals surface area contributed by atoms with Crippen molar-refractivity contribution in [3.8, 4) is 0 Å². The minimum Gasteiger partial charge on any atom is -0.309 e. The van der Waals surface area contributed by atoms with Crippen molar-refractivity contribution in [1.29, 1.82) is 0 Å². The molecule has 1 heterocycles. The molecular weight excluding hydrogens is 337 g/mol. The fourth-order valence-electron chi connectivity index (χ4n) is 2.42. The van der Waals surface area contributed by atoms with E-state index in [9.17, 15) is 4.39 Å². The van der Waals surface area contributed by atoms with Gasteiger partial charge in [-0.3, -0.25) is 0 Å². The summed E-state index contributed by atoms with van der Waals surface area (Å²) in [5.74, 6) is -0.234. The molecular formula is C16H13BrFNS. The highest BCUT2D eigenvalue weighted by molar-refractivity contribution is 9.10. The van der Waals surface area contributed by atoms with E-state index in [1.807, 2.05) is 25.2 Å². The van der Waals surface area contributed by atoms with Gasteiger partial charge in [0.2, 0.25) is 0 Å². The molecule has 0 saturated carbocycles. The Balaban J connectivity index is 2.11. The van der Waals surface area contributed by atoms with Gasteiger partial charge in [0.1, 0.15) is 5.82 Å². The molecule has 3 rings (SSSR count). The molecule has 0 bridgehead atoms. The predicted molar refractivity (Wildman–Crippen MR) is 86.8 cm³/mol. The first-order valence-electron chi connectivity index (χ1n) is 6.29. The zero-order valence-corrected chi connectivity index (χ0v) is 13.3. The number of fused-ring (bicyclic) bond motifs is 1. The topological polar surface area (TPSA) is 12.0 Å². The third-order valence-corrected chi connectivity index (χ3v) is 5.01. The van der Waals surface area contributed by atoms with Crippen molar-refractivity contribution in [2.24, 2.45) is 0 Å². The zero-order chi connectivity index (χ0) is 14.1. The van der Waals surface area contributed by atoms with Gasteiger partial charge in [0.25, 0.3) is 0 Å². The maximum Gasteiger partial charge on any atom is 0.137 e. The van der Waals surface area contributed by atoms with Crippen LogP contribution < -0.4 is 5.32 Å². The molecule has 0 spiro atoms. The molecule has 4 heteroatoms. The van der Waals surface area contributed by atoms with Crippen LogP contribution in [0.4, 0.5) is 4.39 Å². The molecule has 1 unspecified atom stereocenters. The third-order valence-electron chi connectivity index (χ3n) is 3.39. The van der Waals surface area contributed by atoms with E-state index in [0.717, 1.165) is 5.56 Å². The van der Waals surface area contributed by atoms with Crippen LogP contribution in [0.2, 0.25) is 0 Å². The van der Waals surface area contributed by atoms with Crippen molar-refractivity contribution in [3.63, 3.8) is 0 Å². The second kappa shape index (κ2) is 5.64. The standard InChI is InChI=1S/C16H13BrFNS/c1-19-16(10-6-7-13(17)14(18)8-10)12-9-20-15-5-3-2-4-11(12)15/h2-9,16,19H,1H3. The fourth-order valence-corrected chi connectivity index (χ4v) is 3.65. The van der Waals surface area contributed by atoms with Gasteiger partial charge in [0.05, 0.1) is 10.5 Å². The number of rotatable bonds is 3. The average molecular weight is 350 g/mol. The molecule has 0 fully saturated rings. The summed E-state index contributed by atoms with van der Waals surface area (Å²) in [4.78, 5) is 0. The quantitative estimate of drug-likeness (QED) is 0.692. The maximum absolute atomic E-state index is 13.8. The molecule has 2 aromatic carbocycles.